The molecule has 1 N–H and O–H groups in total. The van der Waals surface area contributed by atoms with Crippen molar-refractivity contribution >= 4 is 11.8 Å². The molecule has 2 saturated heterocycles. The fourth-order valence-electron chi connectivity index (χ4n) is 4.09. The second-order valence-electron chi connectivity index (χ2n) is 7.43. The summed E-state index contributed by atoms with van der Waals surface area (Å²) in [6, 6.07) is 7.36. The minimum atomic E-state index is -0.589. The first kappa shape index (κ1) is 18.4. The van der Waals surface area contributed by atoms with Crippen LogP contribution in [-0.2, 0) is 11.2 Å². The van der Waals surface area contributed by atoms with Crippen LogP contribution in [0.25, 0.3) is 0 Å². The number of aryl methyl sites for hydroxylation is 1. The SMILES string of the molecule is CCc1ccc(C(=O)N2CC[C@]3(C2)C(=O)NC[C@H]3COc2cccnc2)cn1. The van der Waals surface area contributed by atoms with Crippen LogP contribution >= 0.6 is 0 Å². The molecule has 2 aliphatic rings. The number of pyridine rings is 2. The monoisotopic (exact) mass is 380 g/mol. The van der Waals surface area contributed by atoms with E-state index in [1.807, 2.05) is 31.2 Å². The number of carbonyl (C=O) groups excluding carboxylic acids is 2. The fourth-order valence-corrected chi connectivity index (χ4v) is 4.09. The zero-order valence-corrected chi connectivity index (χ0v) is 15.9. The maximum absolute atomic E-state index is 12.9. The Morgan fingerprint density at radius 2 is 2.25 bits per heavy atom. The highest BCUT2D eigenvalue weighted by Crippen LogP contribution is 2.42. The molecule has 2 amide bonds. The number of aromatic nitrogens is 2. The first-order chi connectivity index (χ1) is 13.6. The van der Waals surface area contributed by atoms with Crippen molar-refractivity contribution in [2.75, 3.05) is 26.2 Å². The molecule has 2 fully saturated rings. The Morgan fingerprint density at radius 1 is 1.36 bits per heavy atom. The van der Waals surface area contributed by atoms with Gasteiger partial charge in [-0.3, -0.25) is 19.6 Å². The number of carbonyl (C=O) groups is 2. The van der Waals surface area contributed by atoms with Gasteiger partial charge in [-0.15, -0.1) is 0 Å². The molecule has 0 bridgehead atoms. The molecule has 4 heterocycles. The van der Waals surface area contributed by atoms with Crippen molar-refractivity contribution in [1.29, 1.82) is 0 Å². The van der Waals surface area contributed by atoms with Crippen molar-refractivity contribution in [3.63, 3.8) is 0 Å². The first-order valence-corrected chi connectivity index (χ1v) is 9.68. The quantitative estimate of drug-likeness (QED) is 0.853. The lowest BCUT2D eigenvalue weighted by molar-refractivity contribution is -0.128. The van der Waals surface area contributed by atoms with Gasteiger partial charge in [-0.1, -0.05) is 6.92 Å². The number of amides is 2. The molecule has 0 aliphatic carbocycles. The third-order valence-corrected chi connectivity index (χ3v) is 5.85. The van der Waals surface area contributed by atoms with Crippen molar-refractivity contribution in [3.05, 3.63) is 54.1 Å². The van der Waals surface area contributed by atoms with Gasteiger partial charge < -0.3 is 15.0 Å². The van der Waals surface area contributed by atoms with Crippen molar-refractivity contribution in [1.82, 2.24) is 20.2 Å². The third kappa shape index (κ3) is 3.32. The molecule has 7 heteroatoms. The predicted octanol–water partition coefficient (Wildman–Crippen LogP) is 1.70. The molecular formula is C21H24N4O3. The van der Waals surface area contributed by atoms with Crippen LogP contribution in [0.3, 0.4) is 0 Å². The summed E-state index contributed by atoms with van der Waals surface area (Å²) in [5.41, 5.74) is 0.933. The number of nitrogens with zero attached hydrogens (tertiary/aromatic N) is 3. The van der Waals surface area contributed by atoms with Crippen LogP contribution in [0.4, 0.5) is 0 Å². The Morgan fingerprint density at radius 3 is 2.96 bits per heavy atom. The number of hydrogen-bond acceptors (Lipinski definition) is 5. The normalized spacial score (nSPS) is 23.8. The van der Waals surface area contributed by atoms with Gasteiger partial charge in [0.2, 0.25) is 5.91 Å². The van der Waals surface area contributed by atoms with E-state index >= 15 is 0 Å². The summed E-state index contributed by atoms with van der Waals surface area (Å²) >= 11 is 0. The van der Waals surface area contributed by atoms with Crippen molar-refractivity contribution in [2.45, 2.75) is 19.8 Å². The molecule has 0 aromatic carbocycles. The average Bonchev–Trinajstić information content (AvgIpc) is 3.32. The smallest absolute Gasteiger partial charge is 0.255 e. The van der Waals surface area contributed by atoms with Gasteiger partial charge in [-0.05, 0) is 37.1 Å². The standard InChI is InChI=1S/C21H24N4O3/c1-2-17-6-5-15(10-23-17)19(26)25-9-7-21(14-25)16(11-24-20(21)27)13-28-18-4-3-8-22-12-18/h3-6,8,10,12,16H,2,7,9,11,13-14H2,1H3,(H,24,27)/t16-,21+/m0/s1. The summed E-state index contributed by atoms with van der Waals surface area (Å²) in [7, 11) is 0. The summed E-state index contributed by atoms with van der Waals surface area (Å²) in [4.78, 5) is 35.7. The van der Waals surface area contributed by atoms with Gasteiger partial charge in [0, 0.05) is 43.6 Å². The van der Waals surface area contributed by atoms with E-state index in [1.54, 1.807) is 23.5 Å². The number of rotatable bonds is 5. The highest BCUT2D eigenvalue weighted by atomic mass is 16.5. The van der Waals surface area contributed by atoms with E-state index in [2.05, 4.69) is 15.3 Å². The van der Waals surface area contributed by atoms with Gasteiger partial charge in [0.1, 0.15) is 5.75 Å². The first-order valence-electron chi connectivity index (χ1n) is 9.68. The summed E-state index contributed by atoms with van der Waals surface area (Å²) < 4.78 is 5.86. The maximum Gasteiger partial charge on any atom is 0.255 e. The molecule has 7 nitrogen and oxygen atoms in total. The Balaban J connectivity index is 1.46. The van der Waals surface area contributed by atoms with E-state index in [0.29, 0.717) is 44.0 Å². The molecule has 28 heavy (non-hydrogen) atoms. The zero-order chi connectivity index (χ0) is 19.6. The van der Waals surface area contributed by atoms with E-state index in [4.69, 9.17) is 4.74 Å². The predicted molar refractivity (Wildman–Crippen MR) is 103 cm³/mol. The lowest BCUT2D eigenvalue weighted by atomic mass is 9.77. The van der Waals surface area contributed by atoms with Crippen molar-refractivity contribution in [2.24, 2.45) is 11.3 Å². The molecule has 2 aliphatic heterocycles. The Hall–Kier alpha value is -2.96. The van der Waals surface area contributed by atoms with E-state index in [1.165, 1.54) is 0 Å². The van der Waals surface area contributed by atoms with Crippen LogP contribution in [0.1, 0.15) is 29.4 Å². The van der Waals surface area contributed by atoms with Crippen LogP contribution in [0.15, 0.2) is 42.9 Å². The highest BCUT2D eigenvalue weighted by molar-refractivity contribution is 5.95. The maximum atomic E-state index is 12.9. The molecule has 0 radical (unpaired) electrons. The van der Waals surface area contributed by atoms with Gasteiger partial charge >= 0.3 is 0 Å². The summed E-state index contributed by atoms with van der Waals surface area (Å²) in [5.74, 6) is 0.643. The minimum Gasteiger partial charge on any atom is -0.492 e. The molecular weight excluding hydrogens is 356 g/mol. The van der Waals surface area contributed by atoms with Crippen molar-refractivity contribution < 1.29 is 14.3 Å². The van der Waals surface area contributed by atoms with Gasteiger partial charge in [0.25, 0.3) is 5.91 Å². The average molecular weight is 380 g/mol. The number of hydrogen-bond donors (Lipinski definition) is 1. The summed E-state index contributed by atoms with van der Waals surface area (Å²) in [6.45, 7) is 3.98. The van der Waals surface area contributed by atoms with Crippen molar-refractivity contribution in [3.8, 4) is 5.75 Å². The van der Waals surface area contributed by atoms with Gasteiger partial charge in [-0.2, -0.15) is 0 Å². The fraction of sp³-hybridized carbons (Fsp3) is 0.429. The minimum absolute atomic E-state index is 0.0126. The van der Waals surface area contributed by atoms with Crippen LogP contribution in [0.2, 0.25) is 0 Å². The van der Waals surface area contributed by atoms with Gasteiger partial charge in [0.05, 0.1) is 23.8 Å². The Kier molecular flexibility index (Phi) is 4.98. The second-order valence-corrected chi connectivity index (χ2v) is 7.43. The molecule has 2 atom stereocenters. The topological polar surface area (TPSA) is 84.4 Å². The molecule has 4 rings (SSSR count). The molecule has 2 aromatic rings. The van der Waals surface area contributed by atoms with E-state index in [9.17, 15) is 9.59 Å². The second kappa shape index (κ2) is 7.58. The van der Waals surface area contributed by atoms with Gasteiger partial charge in [-0.25, -0.2) is 0 Å². The highest BCUT2D eigenvalue weighted by Gasteiger charge is 2.55. The van der Waals surface area contributed by atoms with E-state index in [-0.39, 0.29) is 17.7 Å². The summed E-state index contributed by atoms with van der Waals surface area (Å²) in [5, 5.41) is 2.97. The van der Waals surface area contributed by atoms with E-state index < -0.39 is 5.41 Å². The van der Waals surface area contributed by atoms with Crippen LogP contribution in [0.5, 0.6) is 5.75 Å². The lowest BCUT2D eigenvalue weighted by Crippen LogP contribution is -2.41. The van der Waals surface area contributed by atoms with E-state index in [0.717, 1.165) is 12.1 Å². The Bertz CT molecular complexity index is 856. The number of ether oxygens (including phenoxy) is 1. The third-order valence-electron chi connectivity index (χ3n) is 5.85. The molecule has 1 spiro atoms. The van der Waals surface area contributed by atoms with Gasteiger partial charge in [0.15, 0.2) is 0 Å². The molecule has 2 aromatic heterocycles. The van der Waals surface area contributed by atoms with Crippen LogP contribution < -0.4 is 10.1 Å². The Labute approximate surface area is 164 Å². The van der Waals surface area contributed by atoms with Crippen LogP contribution in [0, 0.1) is 11.3 Å². The number of likely N-dealkylation sites (tertiary alicyclic amines) is 1. The lowest BCUT2D eigenvalue weighted by Gasteiger charge is -2.28. The summed E-state index contributed by atoms with van der Waals surface area (Å²) in [6.07, 6.45) is 6.46. The number of nitrogens with one attached hydrogen (secondary N) is 1. The molecule has 0 unspecified atom stereocenters. The molecule has 146 valence electrons. The largest absolute Gasteiger partial charge is 0.492 e. The van der Waals surface area contributed by atoms with Crippen LogP contribution in [-0.4, -0.2) is 52.9 Å². The zero-order valence-electron chi connectivity index (χ0n) is 15.9. The molecule has 0 saturated carbocycles.